The van der Waals surface area contributed by atoms with Gasteiger partial charge in [-0.25, -0.2) is 14.8 Å². The molecule has 0 spiro atoms. The summed E-state index contributed by atoms with van der Waals surface area (Å²) in [6.45, 7) is 2.07. The second kappa shape index (κ2) is 6.53. The maximum Gasteiger partial charge on any atom is 0.356 e. The number of carbonyl (C=O) groups is 1. The number of aromatic carboxylic acids is 1. The first-order valence-corrected chi connectivity index (χ1v) is 7.18. The standard InChI is InChI=1S/C16H17N3O3/c20-16(21)14-9-18-15(10-17-14)19-6-7-22-13(11-19)8-12-4-2-1-3-5-12/h1-5,9-10,13H,6-8,11H2,(H,20,21). The van der Waals surface area contributed by atoms with Crippen LogP contribution in [0, 0.1) is 0 Å². The van der Waals surface area contributed by atoms with E-state index in [-0.39, 0.29) is 11.8 Å². The first-order valence-electron chi connectivity index (χ1n) is 7.18. The fourth-order valence-electron chi connectivity index (χ4n) is 2.52. The minimum Gasteiger partial charge on any atom is -0.476 e. The van der Waals surface area contributed by atoms with Gasteiger partial charge in [-0.05, 0) is 5.56 Å². The first kappa shape index (κ1) is 14.5. The molecule has 1 aliphatic heterocycles. The van der Waals surface area contributed by atoms with Crippen molar-refractivity contribution in [3.63, 3.8) is 0 Å². The van der Waals surface area contributed by atoms with Gasteiger partial charge in [0.15, 0.2) is 5.69 Å². The number of aromatic nitrogens is 2. The average molecular weight is 299 g/mol. The summed E-state index contributed by atoms with van der Waals surface area (Å²) in [4.78, 5) is 21.0. The maximum absolute atomic E-state index is 10.8. The highest BCUT2D eigenvalue weighted by atomic mass is 16.5. The van der Waals surface area contributed by atoms with Gasteiger partial charge in [0.25, 0.3) is 0 Å². The Kier molecular flexibility index (Phi) is 4.29. The molecule has 1 unspecified atom stereocenters. The molecule has 6 nitrogen and oxygen atoms in total. The van der Waals surface area contributed by atoms with Crippen molar-refractivity contribution in [2.45, 2.75) is 12.5 Å². The number of ether oxygens (including phenoxy) is 1. The van der Waals surface area contributed by atoms with E-state index in [9.17, 15) is 4.79 Å². The number of hydrogen-bond acceptors (Lipinski definition) is 5. The van der Waals surface area contributed by atoms with E-state index in [1.807, 2.05) is 18.2 Å². The van der Waals surface area contributed by atoms with Crippen molar-refractivity contribution >= 4 is 11.8 Å². The molecule has 1 N–H and O–H groups in total. The minimum absolute atomic E-state index is 0.0437. The molecule has 0 aliphatic carbocycles. The van der Waals surface area contributed by atoms with Gasteiger partial charge in [-0.3, -0.25) is 0 Å². The van der Waals surface area contributed by atoms with Crippen molar-refractivity contribution in [3.05, 3.63) is 54.0 Å². The van der Waals surface area contributed by atoms with E-state index in [1.165, 1.54) is 18.0 Å². The van der Waals surface area contributed by atoms with Crippen LogP contribution in [0.1, 0.15) is 16.1 Å². The van der Waals surface area contributed by atoms with E-state index in [1.54, 1.807) is 0 Å². The van der Waals surface area contributed by atoms with Crippen LogP contribution in [-0.4, -0.2) is 46.8 Å². The van der Waals surface area contributed by atoms with Gasteiger partial charge < -0.3 is 14.7 Å². The molecule has 1 aliphatic rings. The van der Waals surface area contributed by atoms with Crippen LogP contribution in [0.5, 0.6) is 0 Å². The summed E-state index contributed by atoms with van der Waals surface area (Å²) in [5.41, 5.74) is 1.19. The smallest absolute Gasteiger partial charge is 0.356 e. The van der Waals surface area contributed by atoms with E-state index in [0.29, 0.717) is 12.4 Å². The van der Waals surface area contributed by atoms with Gasteiger partial charge in [0.05, 0.1) is 25.1 Å². The van der Waals surface area contributed by atoms with Crippen LogP contribution < -0.4 is 4.90 Å². The summed E-state index contributed by atoms with van der Waals surface area (Å²) in [6, 6.07) is 10.2. The number of morpholine rings is 1. The zero-order valence-electron chi connectivity index (χ0n) is 12.1. The average Bonchev–Trinajstić information content (AvgIpc) is 2.56. The molecule has 0 saturated carbocycles. The predicted molar refractivity (Wildman–Crippen MR) is 81.1 cm³/mol. The van der Waals surface area contributed by atoms with Crippen molar-refractivity contribution in [2.75, 3.05) is 24.6 Å². The second-order valence-electron chi connectivity index (χ2n) is 5.19. The van der Waals surface area contributed by atoms with E-state index < -0.39 is 5.97 Å². The molecule has 114 valence electrons. The van der Waals surface area contributed by atoms with Crippen LogP contribution in [0.25, 0.3) is 0 Å². The molecule has 1 atom stereocenters. The van der Waals surface area contributed by atoms with Crippen LogP contribution in [0.3, 0.4) is 0 Å². The quantitative estimate of drug-likeness (QED) is 0.924. The van der Waals surface area contributed by atoms with Crippen LogP contribution in [0.4, 0.5) is 5.82 Å². The van der Waals surface area contributed by atoms with Crippen LogP contribution in [0.15, 0.2) is 42.7 Å². The van der Waals surface area contributed by atoms with Gasteiger partial charge in [0, 0.05) is 19.5 Å². The lowest BCUT2D eigenvalue weighted by Crippen LogP contribution is -2.43. The zero-order valence-corrected chi connectivity index (χ0v) is 12.1. The Morgan fingerprint density at radius 1 is 1.27 bits per heavy atom. The summed E-state index contributed by atoms with van der Waals surface area (Å²) in [5.74, 6) is -0.380. The summed E-state index contributed by atoms with van der Waals surface area (Å²) >= 11 is 0. The fraction of sp³-hybridized carbons (Fsp3) is 0.312. The molecule has 22 heavy (non-hydrogen) atoms. The van der Waals surface area contributed by atoms with Crippen molar-refractivity contribution < 1.29 is 14.6 Å². The summed E-state index contributed by atoms with van der Waals surface area (Å²) in [7, 11) is 0. The monoisotopic (exact) mass is 299 g/mol. The highest BCUT2D eigenvalue weighted by molar-refractivity contribution is 5.84. The summed E-state index contributed by atoms with van der Waals surface area (Å²) in [5, 5.41) is 8.86. The molecule has 0 radical (unpaired) electrons. The van der Waals surface area contributed by atoms with Crippen LogP contribution in [0.2, 0.25) is 0 Å². The van der Waals surface area contributed by atoms with E-state index in [0.717, 1.165) is 19.5 Å². The van der Waals surface area contributed by atoms with Crippen molar-refractivity contribution in [3.8, 4) is 0 Å². The Bertz CT molecular complexity index is 631. The molecule has 0 bridgehead atoms. The highest BCUT2D eigenvalue weighted by Gasteiger charge is 2.22. The van der Waals surface area contributed by atoms with Crippen molar-refractivity contribution in [1.29, 1.82) is 0 Å². The third-order valence-corrected chi connectivity index (χ3v) is 3.63. The summed E-state index contributed by atoms with van der Waals surface area (Å²) < 4.78 is 5.81. The van der Waals surface area contributed by atoms with E-state index in [2.05, 4.69) is 27.0 Å². The van der Waals surface area contributed by atoms with Gasteiger partial charge in [0.1, 0.15) is 5.82 Å². The molecule has 1 fully saturated rings. The Morgan fingerprint density at radius 3 is 2.77 bits per heavy atom. The Labute approximate surface area is 128 Å². The molecular formula is C16H17N3O3. The SMILES string of the molecule is O=C(O)c1cnc(N2CCOC(Cc3ccccc3)C2)cn1. The Hall–Kier alpha value is -2.47. The number of rotatable bonds is 4. The van der Waals surface area contributed by atoms with Crippen LogP contribution >= 0.6 is 0 Å². The molecule has 1 aromatic heterocycles. The lowest BCUT2D eigenvalue weighted by molar-refractivity contribution is 0.0407. The molecule has 2 aromatic rings. The number of benzene rings is 1. The zero-order chi connectivity index (χ0) is 15.4. The third kappa shape index (κ3) is 3.40. The second-order valence-corrected chi connectivity index (χ2v) is 5.19. The first-order chi connectivity index (χ1) is 10.7. The number of carboxylic acid groups (broad SMARTS) is 1. The van der Waals surface area contributed by atoms with Gasteiger partial charge in [-0.1, -0.05) is 30.3 Å². The minimum atomic E-state index is -1.07. The molecule has 1 aromatic carbocycles. The molecular weight excluding hydrogens is 282 g/mol. The maximum atomic E-state index is 10.8. The Morgan fingerprint density at radius 2 is 2.09 bits per heavy atom. The topological polar surface area (TPSA) is 75.5 Å². The normalized spacial score (nSPS) is 18.2. The largest absolute Gasteiger partial charge is 0.476 e. The molecule has 2 heterocycles. The van der Waals surface area contributed by atoms with Gasteiger partial charge in [-0.15, -0.1) is 0 Å². The number of carboxylic acids is 1. The van der Waals surface area contributed by atoms with Crippen molar-refractivity contribution in [2.24, 2.45) is 0 Å². The molecule has 6 heteroatoms. The molecule has 3 rings (SSSR count). The Balaban J connectivity index is 1.66. The third-order valence-electron chi connectivity index (χ3n) is 3.63. The van der Waals surface area contributed by atoms with E-state index in [4.69, 9.17) is 9.84 Å². The number of hydrogen-bond donors (Lipinski definition) is 1. The number of anilines is 1. The highest BCUT2D eigenvalue weighted by Crippen LogP contribution is 2.17. The van der Waals surface area contributed by atoms with Gasteiger partial charge in [-0.2, -0.15) is 0 Å². The summed E-state index contributed by atoms with van der Waals surface area (Å²) in [6.07, 6.45) is 3.74. The molecule has 1 saturated heterocycles. The molecule has 0 amide bonds. The lowest BCUT2D eigenvalue weighted by Gasteiger charge is -2.33. The number of nitrogens with zero attached hydrogens (tertiary/aromatic N) is 3. The van der Waals surface area contributed by atoms with E-state index >= 15 is 0 Å². The van der Waals surface area contributed by atoms with Crippen molar-refractivity contribution in [1.82, 2.24) is 9.97 Å². The predicted octanol–water partition coefficient (Wildman–Crippen LogP) is 1.62. The lowest BCUT2D eigenvalue weighted by atomic mass is 10.1. The van der Waals surface area contributed by atoms with Gasteiger partial charge in [0.2, 0.25) is 0 Å². The fourth-order valence-corrected chi connectivity index (χ4v) is 2.52. The van der Waals surface area contributed by atoms with Crippen LogP contribution in [-0.2, 0) is 11.2 Å². The van der Waals surface area contributed by atoms with Gasteiger partial charge >= 0.3 is 5.97 Å².